The van der Waals surface area contributed by atoms with Crippen molar-refractivity contribution in [2.45, 2.75) is 0 Å². The zero-order valence-electron chi connectivity index (χ0n) is 16.4. The predicted octanol–water partition coefficient (Wildman–Crippen LogP) is 2.97. The van der Waals surface area contributed by atoms with E-state index in [4.69, 9.17) is 9.47 Å². The second-order valence-corrected chi connectivity index (χ2v) is 6.50. The van der Waals surface area contributed by atoms with Crippen molar-refractivity contribution in [1.29, 1.82) is 0 Å². The van der Waals surface area contributed by atoms with Crippen molar-refractivity contribution < 1.29 is 19.2 Å². The number of ether oxygens (including phenoxy) is 2. The zero-order valence-corrected chi connectivity index (χ0v) is 16.4. The molecular weight excluding hydrogens is 374 g/mol. The van der Waals surface area contributed by atoms with E-state index >= 15 is 0 Å². The number of carbonyl (C=O) groups is 1. The summed E-state index contributed by atoms with van der Waals surface area (Å²) in [5, 5.41) is 10.8. The van der Waals surface area contributed by atoms with Crippen LogP contribution in [0.15, 0.2) is 48.5 Å². The predicted molar refractivity (Wildman–Crippen MR) is 110 cm³/mol. The summed E-state index contributed by atoms with van der Waals surface area (Å²) in [6.07, 6.45) is 3.27. The van der Waals surface area contributed by atoms with Crippen LogP contribution in [0.4, 0.5) is 11.4 Å². The molecule has 2 aromatic rings. The first-order chi connectivity index (χ1) is 14.0. The number of hydrogen-bond acceptors (Lipinski definition) is 6. The normalized spacial score (nSPS) is 14.1. The molecule has 0 atom stereocenters. The lowest BCUT2D eigenvalue weighted by Crippen LogP contribution is -2.48. The molecule has 3 rings (SSSR count). The summed E-state index contributed by atoms with van der Waals surface area (Å²) < 4.78 is 10.7. The Morgan fingerprint density at radius 1 is 1.03 bits per heavy atom. The smallest absolute Gasteiger partial charge is 0.269 e. The van der Waals surface area contributed by atoms with E-state index in [1.54, 1.807) is 49.5 Å². The molecule has 0 aromatic heterocycles. The van der Waals surface area contributed by atoms with E-state index in [9.17, 15) is 14.9 Å². The largest absolute Gasteiger partial charge is 0.493 e. The van der Waals surface area contributed by atoms with Gasteiger partial charge in [0.1, 0.15) is 0 Å². The number of non-ortho nitro benzene ring substituents is 1. The summed E-state index contributed by atoms with van der Waals surface area (Å²) in [4.78, 5) is 26.8. The molecule has 1 aliphatic heterocycles. The van der Waals surface area contributed by atoms with Gasteiger partial charge >= 0.3 is 0 Å². The number of para-hydroxylation sites is 1. The first-order valence-corrected chi connectivity index (χ1v) is 9.21. The average molecular weight is 397 g/mol. The minimum atomic E-state index is -0.413. The van der Waals surface area contributed by atoms with Crippen molar-refractivity contribution in [2.75, 3.05) is 45.3 Å². The topological polar surface area (TPSA) is 85.2 Å². The number of methoxy groups -OCH3 is 2. The lowest BCUT2D eigenvalue weighted by atomic mass is 10.1. The van der Waals surface area contributed by atoms with E-state index in [1.807, 2.05) is 12.1 Å². The molecule has 0 bridgehead atoms. The molecule has 2 aromatic carbocycles. The van der Waals surface area contributed by atoms with E-state index in [-0.39, 0.29) is 11.6 Å². The van der Waals surface area contributed by atoms with Gasteiger partial charge < -0.3 is 19.3 Å². The minimum absolute atomic E-state index is 0.0701. The van der Waals surface area contributed by atoms with Crippen LogP contribution < -0.4 is 14.4 Å². The Kier molecular flexibility index (Phi) is 6.33. The summed E-state index contributed by atoms with van der Waals surface area (Å²) in [7, 11) is 3.13. The molecule has 0 saturated carbocycles. The number of amides is 1. The molecule has 0 aliphatic carbocycles. The number of piperazine rings is 1. The van der Waals surface area contributed by atoms with Crippen molar-refractivity contribution in [1.82, 2.24) is 4.90 Å². The van der Waals surface area contributed by atoms with Gasteiger partial charge in [0, 0.05) is 55.6 Å². The molecule has 0 spiro atoms. The maximum Gasteiger partial charge on any atom is 0.269 e. The molecule has 1 aliphatic rings. The second kappa shape index (κ2) is 9.09. The van der Waals surface area contributed by atoms with E-state index in [2.05, 4.69) is 4.90 Å². The fourth-order valence-corrected chi connectivity index (χ4v) is 3.28. The van der Waals surface area contributed by atoms with Crippen molar-refractivity contribution in [3.05, 3.63) is 64.2 Å². The van der Waals surface area contributed by atoms with E-state index < -0.39 is 4.92 Å². The fourth-order valence-electron chi connectivity index (χ4n) is 3.28. The summed E-state index contributed by atoms with van der Waals surface area (Å²) in [6, 6.07) is 12.0. The first kappa shape index (κ1) is 20.2. The lowest BCUT2D eigenvalue weighted by Gasteiger charge is -2.35. The highest BCUT2D eigenvalue weighted by Crippen LogP contribution is 2.31. The molecule has 1 fully saturated rings. The molecular formula is C21H23N3O5. The Balaban J connectivity index is 1.60. The van der Waals surface area contributed by atoms with Gasteiger partial charge in [0.2, 0.25) is 5.91 Å². The van der Waals surface area contributed by atoms with Gasteiger partial charge in [0.05, 0.1) is 19.1 Å². The van der Waals surface area contributed by atoms with Gasteiger partial charge in [-0.3, -0.25) is 14.9 Å². The van der Waals surface area contributed by atoms with Crippen molar-refractivity contribution >= 4 is 23.4 Å². The van der Waals surface area contributed by atoms with E-state index in [0.29, 0.717) is 37.7 Å². The summed E-state index contributed by atoms with van der Waals surface area (Å²) in [6.45, 7) is 2.49. The van der Waals surface area contributed by atoms with Crippen molar-refractivity contribution in [2.24, 2.45) is 0 Å². The quantitative estimate of drug-likeness (QED) is 0.423. The van der Waals surface area contributed by atoms with Crippen LogP contribution in [0.25, 0.3) is 6.08 Å². The Morgan fingerprint density at radius 2 is 1.72 bits per heavy atom. The van der Waals surface area contributed by atoms with Gasteiger partial charge in [0.15, 0.2) is 11.5 Å². The minimum Gasteiger partial charge on any atom is -0.493 e. The van der Waals surface area contributed by atoms with Gasteiger partial charge in [-0.1, -0.05) is 12.1 Å². The van der Waals surface area contributed by atoms with Crippen LogP contribution in [0.3, 0.4) is 0 Å². The molecule has 8 nitrogen and oxygen atoms in total. The number of anilines is 1. The van der Waals surface area contributed by atoms with Crippen LogP contribution in [-0.2, 0) is 4.79 Å². The van der Waals surface area contributed by atoms with Crippen LogP contribution in [0.1, 0.15) is 5.56 Å². The Labute approximate surface area is 169 Å². The number of benzene rings is 2. The molecule has 1 saturated heterocycles. The second-order valence-electron chi connectivity index (χ2n) is 6.50. The standard InChI is InChI=1S/C21H23N3O5/c1-28-19-5-3-4-16(21(19)29-2)6-11-20(25)23-14-12-22(13-15-23)17-7-9-18(10-8-17)24(26)27/h3-11H,12-15H2,1-2H3/b11-6+. The lowest BCUT2D eigenvalue weighted by molar-refractivity contribution is -0.384. The third-order valence-corrected chi connectivity index (χ3v) is 4.86. The SMILES string of the molecule is COc1cccc(/C=C/C(=O)N2CCN(c3ccc([N+](=O)[O-])cc3)CC2)c1OC. The average Bonchev–Trinajstić information content (AvgIpc) is 2.77. The summed E-state index contributed by atoms with van der Waals surface area (Å²) in [5.74, 6) is 1.12. The van der Waals surface area contributed by atoms with Crippen molar-refractivity contribution in [3.8, 4) is 11.5 Å². The zero-order chi connectivity index (χ0) is 20.8. The Hall–Kier alpha value is -3.55. The molecule has 152 valence electrons. The molecule has 1 heterocycles. The van der Waals surface area contributed by atoms with Crippen LogP contribution in [-0.4, -0.2) is 56.1 Å². The number of carbonyl (C=O) groups excluding carboxylic acids is 1. The molecule has 0 radical (unpaired) electrons. The molecule has 1 amide bonds. The van der Waals surface area contributed by atoms with E-state index in [0.717, 1.165) is 11.3 Å². The number of nitro benzene ring substituents is 1. The van der Waals surface area contributed by atoms with E-state index in [1.165, 1.54) is 12.1 Å². The van der Waals surface area contributed by atoms with Crippen LogP contribution in [0.2, 0.25) is 0 Å². The van der Waals surface area contributed by atoms with Gasteiger partial charge in [-0.2, -0.15) is 0 Å². The van der Waals surface area contributed by atoms with Crippen LogP contribution in [0, 0.1) is 10.1 Å². The highest BCUT2D eigenvalue weighted by molar-refractivity contribution is 5.92. The first-order valence-electron chi connectivity index (χ1n) is 9.21. The summed E-state index contributed by atoms with van der Waals surface area (Å²) in [5.41, 5.74) is 1.75. The van der Waals surface area contributed by atoms with Gasteiger partial charge in [-0.25, -0.2) is 0 Å². The number of rotatable bonds is 6. The summed E-state index contributed by atoms with van der Waals surface area (Å²) >= 11 is 0. The third kappa shape index (κ3) is 4.66. The number of nitro groups is 1. The van der Waals surface area contributed by atoms with Gasteiger partial charge in [-0.15, -0.1) is 0 Å². The van der Waals surface area contributed by atoms with Crippen molar-refractivity contribution in [3.63, 3.8) is 0 Å². The fraction of sp³-hybridized carbons (Fsp3) is 0.286. The van der Waals surface area contributed by atoms with Gasteiger partial charge in [-0.05, 0) is 24.3 Å². The van der Waals surface area contributed by atoms with Crippen LogP contribution in [0.5, 0.6) is 11.5 Å². The monoisotopic (exact) mass is 397 g/mol. The molecule has 8 heteroatoms. The maximum atomic E-state index is 12.6. The Bertz CT molecular complexity index is 903. The number of hydrogen-bond donors (Lipinski definition) is 0. The Morgan fingerprint density at radius 3 is 2.31 bits per heavy atom. The highest BCUT2D eigenvalue weighted by Gasteiger charge is 2.20. The highest BCUT2D eigenvalue weighted by atomic mass is 16.6. The molecule has 0 unspecified atom stereocenters. The van der Waals surface area contributed by atoms with Crippen LogP contribution >= 0.6 is 0 Å². The molecule has 29 heavy (non-hydrogen) atoms. The maximum absolute atomic E-state index is 12.6. The number of nitrogens with zero attached hydrogens (tertiary/aromatic N) is 3. The van der Waals surface area contributed by atoms with Gasteiger partial charge in [0.25, 0.3) is 5.69 Å². The molecule has 0 N–H and O–H groups in total. The third-order valence-electron chi connectivity index (χ3n) is 4.86.